The van der Waals surface area contributed by atoms with Crippen LogP contribution in [0.15, 0.2) is 11.0 Å². The Morgan fingerprint density at radius 1 is 1.47 bits per heavy atom. The number of halogens is 2. The van der Waals surface area contributed by atoms with Crippen molar-refractivity contribution >= 4 is 29.2 Å². The van der Waals surface area contributed by atoms with Gasteiger partial charge in [0, 0.05) is 0 Å². The first-order valence-electron chi connectivity index (χ1n) is 4.82. The van der Waals surface area contributed by atoms with Crippen molar-refractivity contribution in [3.63, 3.8) is 0 Å². The molecule has 0 spiro atoms. The number of ether oxygens (including phenoxy) is 1. The van der Waals surface area contributed by atoms with Crippen molar-refractivity contribution in [1.29, 1.82) is 0 Å². The highest BCUT2D eigenvalue weighted by molar-refractivity contribution is 6.41. The number of hydrogen-bond acceptors (Lipinski definition) is 4. The Bertz CT molecular complexity index is 491. The molecule has 1 heterocycles. The molecule has 7 heteroatoms. The minimum absolute atomic E-state index is 0.0649. The Labute approximate surface area is 108 Å². The standard InChI is InChI=1S/C10H12Cl2N2O3/c1-10(2,3)9(16)17-5-14-8(15)7(12)6(11)4-13-14/h4H,5H2,1-3H3. The monoisotopic (exact) mass is 278 g/mol. The molecule has 0 bridgehead atoms. The molecule has 1 aromatic rings. The summed E-state index contributed by atoms with van der Waals surface area (Å²) in [7, 11) is 0. The van der Waals surface area contributed by atoms with Gasteiger partial charge in [0.2, 0.25) is 0 Å². The fourth-order valence-electron chi connectivity index (χ4n) is 0.873. The second-order valence-electron chi connectivity index (χ2n) is 4.42. The highest BCUT2D eigenvalue weighted by Crippen LogP contribution is 2.16. The molecular weight excluding hydrogens is 267 g/mol. The van der Waals surface area contributed by atoms with Crippen LogP contribution in [0.3, 0.4) is 0 Å². The summed E-state index contributed by atoms with van der Waals surface area (Å²) in [5.74, 6) is -0.433. The lowest BCUT2D eigenvalue weighted by Gasteiger charge is -2.16. The van der Waals surface area contributed by atoms with E-state index in [0.717, 1.165) is 4.68 Å². The van der Waals surface area contributed by atoms with E-state index in [2.05, 4.69) is 5.10 Å². The molecule has 94 valence electrons. The Balaban J connectivity index is 2.82. The van der Waals surface area contributed by atoms with Gasteiger partial charge in [0.1, 0.15) is 5.02 Å². The fraction of sp³-hybridized carbons (Fsp3) is 0.500. The second-order valence-corrected chi connectivity index (χ2v) is 5.21. The van der Waals surface area contributed by atoms with E-state index in [1.807, 2.05) is 0 Å². The van der Waals surface area contributed by atoms with Gasteiger partial charge in [0.25, 0.3) is 5.56 Å². The Morgan fingerprint density at radius 2 is 2.06 bits per heavy atom. The van der Waals surface area contributed by atoms with Crippen molar-refractivity contribution in [2.45, 2.75) is 27.5 Å². The molecule has 17 heavy (non-hydrogen) atoms. The molecule has 0 saturated heterocycles. The largest absolute Gasteiger partial charge is 0.442 e. The topological polar surface area (TPSA) is 61.2 Å². The van der Waals surface area contributed by atoms with Crippen molar-refractivity contribution in [3.8, 4) is 0 Å². The summed E-state index contributed by atoms with van der Waals surface area (Å²) >= 11 is 11.2. The Hall–Kier alpha value is -1.07. The first kappa shape index (κ1) is 14.0. The van der Waals surface area contributed by atoms with E-state index in [0.29, 0.717) is 0 Å². The second kappa shape index (κ2) is 5.06. The van der Waals surface area contributed by atoms with Gasteiger partial charge in [-0.1, -0.05) is 23.2 Å². The molecule has 0 fully saturated rings. The third-order valence-corrected chi connectivity index (χ3v) is 2.62. The van der Waals surface area contributed by atoms with Gasteiger partial charge in [0.15, 0.2) is 6.73 Å². The van der Waals surface area contributed by atoms with Crippen LogP contribution in [0.25, 0.3) is 0 Å². The van der Waals surface area contributed by atoms with E-state index in [1.54, 1.807) is 20.8 Å². The highest BCUT2D eigenvalue weighted by Gasteiger charge is 2.23. The highest BCUT2D eigenvalue weighted by atomic mass is 35.5. The van der Waals surface area contributed by atoms with Crippen LogP contribution in [0.5, 0.6) is 0 Å². The van der Waals surface area contributed by atoms with E-state index in [9.17, 15) is 9.59 Å². The molecule has 0 aliphatic carbocycles. The molecule has 0 saturated carbocycles. The number of esters is 1. The maximum atomic E-state index is 11.5. The summed E-state index contributed by atoms with van der Waals surface area (Å²) in [4.78, 5) is 23.0. The first-order chi connectivity index (χ1) is 7.73. The van der Waals surface area contributed by atoms with Gasteiger partial charge in [-0.2, -0.15) is 9.78 Å². The summed E-state index contributed by atoms with van der Waals surface area (Å²) in [6, 6.07) is 0. The maximum Gasteiger partial charge on any atom is 0.313 e. The predicted octanol–water partition coefficient (Wildman–Crippen LogP) is 2.10. The van der Waals surface area contributed by atoms with Gasteiger partial charge < -0.3 is 4.74 Å². The summed E-state index contributed by atoms with van der Waals surface area (Å²) in [6.07, 6.45) is 1.22. The minimum atomic E-state index is -0.639. The molecule has 1 rings (SSSR count). The van der Waals surface area contributed by atoms with Gasteiger partial charge in [-0.05, 0) is 20.8 Å². The third kappa shape index (κ3) is 3.44. The summed E-state index contributed by atoms with van der Waals surface area (Å²) < 4.78 is 5.86. The molecule has 0 amide bonds. The van der Waals surface area contributed by atoms with Crippen LogP contribution in [0.2, 0.25) is 10.0 Å². The van der Waals surface area contributed by atoms with Crippen molar-refractivity contribution in [3.05, 3.63) is 26.6 Å². The van der Waals surface area contributed by atoms with Crippen molar-refractivity contribution in [2.24, 2.45) is 5.41 Å². The number of hydrogen-bond donors (Lipinski definition) is 0. The molecule has 0 aliphatic heterocycles. The normalized spacial score (nSPS) is 11.4. The average Bonchev–Trinajstić information content (AvgIpc) is 2.23. The summed E-state index contributed by atoms with van der Waals surface area (Å²) in [5.41, 5.74) is -1.24. The third-order valence-electron chi connectivity index (χ3n) is 1.87. The van der Waals surface area contributed by atoms with Crippen molar-refractivity contribution in [1.82, 2.24) is 9.78 Å². The zero-order chi connectivity index (χ0) is 13.2. The molecule has 1 aromatic heterocycles. The van der Waals surface area contributed by atoms with Crippen LogP contribution in [0.4, 0.5) is 0 Å². The van der Waals surface area contributed by atoms with Crippen molar-refractivity contribution in [2.75, 3.05) is 0 Å². The van der Waals surface area contributed by atoms with Crippen LogP contribution in [0.1, 0.15) is 20.8 Å². The summed E-state index contributed by atoms with van der Waals surface area (Å²) in [6.45, 7) is 4.84. The van der Waals surface area contributed by atoms with Gasteiger partial charge in [0.05, 0.1) is 16.6 Å². The van der Waals surface area contributed by atoms with Gasteiger partial charge in [-0.3, -0.25) is 9.59 Å². The van der Waals surface area contributed by atoms with Crippen LogP contribution in [-0.2, 0) is 16.3 Å². The van der Waals surface area contributed by atoms with E-state index < -0.39 is 16.9 Å². The van der Waals surface area contributed by atoms with E-state index in [1.165, 1.54) is 6.20 Å². The fourth-order valence-corrected chi connectivity index (χ4v) is 1.14. The quantitative estimate of drug-likeness (QED) is 0.778. The predicted molar refractivity (Wildman–Crippen MR) is 64.1 cm³/mol. The number of aromatic nitrogens is 2. The SMILES string of the molecule is CC(C)(C)C(=O)OCn1ncc(Cl)c(Cl)c1=O. The van der Waals surface area contributed by atoms with E-state index in [4.69, 9.17) is 27.9 Å². The zero-order valence-electron chi connectivity index (χ0n) is 9.66. The lowest BCUT2D eigenvalue weighted by molar-refractivity contribution is -0.157. The molecule has 0 aromatic carbocycles. The minimum Gasteiger partial charge on any atom is -0.442 e. The van der Waals surface area contributed by atoms with Gasteiger partial charge in [-0.15, -0.1) is 0 Å². The van der Waals surface area contributed by atoms with E-state index >= 15 is 0 Å². The smallest absolute Gasteiger partial charge is 0.313 e. The van der Waals surface area contributed by atoms with Crippen LogP contribution in [0, 0.1) is 5.41 Å². The number of carbonyl (C=O) groups excluding carboxylic acids is 1. The van der Waals surface area contributed by atoms with Crippen LogP contribution in [-0.4, -0.2) is 15.7 Å². The lowest BCUT2D eigenvalue weighted by atomic mass is 9.98. The molecular formula is C10H12Cl2N2O3. The van der Waals surface area contributed by atoms with Gasteiger partial charge >= 0.3 is 5.97 Å². The first-order valence-corrected chi connectivity index (χ1v) is 5.57. The number of rotatable bonds is 2. The zero-order valence-corrected chi connectivity index (χ0v) is 11.2. The van der Waals surface area contributed by atoms with Crippen molar-refractivity contribution < 1.29 is 9.53 Å². The molecule has 0 radical (unpaired) electrons. The molecule has 0 N–H and O–H groups in total. The number of nitrogens with zero attached hydrogens (tertiary/aromatic N) is 2. The van der Waals surface area contributed by atoms with E-state index in [-0.39, 0.29) is 16.8 Å². The average molecular weight is 279 g/mol. The number of carbonyl (C=O) groups is 1. The van der Waals surface area contributed by atoms with Gasteiger partial charge in [-0.25, -0.2) is 0 Å². The molecule has 0 aliphatic rings. The maximum absolute atomic E-state index is 11.5. The Morgan fingerprint density at radius 3 is 2.59 bits per heavy atom. The molecule has 5 nitrogen and oxygen atoms in total. The molecule has 0 unspecified atom stereocenters. The van der Waals surface area contributed by atoms with Crippen LogP contribution < -0.4 is 5.56 Å². The summed E-state index contributed by atoms with van der Waals surface area (Å²) in [5, 5.41) is 3.62. The molecule has 0 atom stereocenters. The van der Waals surface area contributed by atoms with Crippen LogP contribution >= 0.6 is 23.2 Å². The lowest BCUT2D eigenvalue weighted by Crippen LogP contribution is -2.29. The Kier molecular flexibility index (Phi) is 4.16.